The summed E-state index contributed by atoms with van der Waals surface area (Å²) >= 11 is 1.73. The highest BCUT2D eigenvalue weighted by molar-refractivity contribution is 7.19. The Labute approximate surface area is 153 Å². The van der Waals surface area contributed by atoms with Gasteiger partial charge in [-0.05, 0) is 55.9 Å². The maximum atomic E-state index is 7.59. The van der Waals surface area contributed by atoms with Crippen molar-refractivity contribution in [1.82, 2.24) is 9.97 Å². The Morgan fingerprint density at radius 2 is 1.96 bits per heavy atom. The van der Waals surface area contributed by atoms with Crippen LogP contribution in [0.25, 0.3) is 43.4 Å². The van der Waals surface area contributed by atoms with Gasteiger partial charge in [0.1, 0.15) is 5.58 Å². The molecule has 4 aromatic heterocycles. The molecule has 5 aromatic rings. The van der Waals surface area contributed by atoms with Crippen LogP contribution in [0.2, 0.25) is 0 Å². The van der Waals surface area contributed by atoms with Crippen molar-refractivity contribution >= 4 is 43.5 Å². The van der Waals surface area contributed by atoms with E-state index < -0.39 is 6.85 Å². The number of nitrogens with zero attached hydrogens (tertiary/aromatic N) is 2. The number of pyridine rings is 2. The molecule has 0 saturated carbocycles. The largest absolute Gasteiger partial charge is 0.437 e. The molecular formula is C21H16N2OS. The SMILES string of the molecule is [2H]C([2H])([2H])c1ccc2c(n1)oc1c(-c3nccc4c(C)c(C)sc34)cccc12. The molecule has 5 rings (SSSR count). The molecule has 0 saturated heterocycles. The fourth-order valence-corrected chi connectivity index (χ4v) is 4.48. The van der Waals surface area contributed by atoms with Crippen molar-refractivity contribution in [3.05, 3.63) is 58.7 Å². The van der Waals surface area contributed by atoms with Crippen LogP contribution in [-0.4, -0.2) is 9.97 Å². The van der Waals surface area contributed by atoms with Crippen molar-refractivity contribution in [3.8, 4) is 11.3 Å². The number of aryl methyl sites for hydroxylation is 3. The highest BCUT2D eigenvalue weighted by Crippen LogP contribution is 2.40. The predicted molar refractivity (Wildman–Crippen MR) is 104 cm³/mol. The van der Waals surface area contributed by atoms with Gasteiger partial charge in [0.05, 0.1) is 10.4 Å². The third kappa shape index (κ3) is 2.04. The summed E-state index contributed by atoms with van der Waals surface area (Å²) < 4.78 is 30.0. The van der Waals surface area contributed by atoms with Gasteiger partial charge in [-0.2, -0.15) is 0 Å². The second kappa shape index (κ2) is 5.14. The molecule has 0 aliphatic carbocycles. The Hall–Kier alpha value is -2.72. The standard InChI is InChI=1S/C21H16N2OS/c1-11-7-8-16-15-5-4-6-17(19(15)24-21(16)23-11)18-20-14(9-10-22-18)12(2)13(3)25-20/h4-10H,1-3H3/i1D3. The molecule has 0 amide bonds. The van der Waals surface area contributed by atoms with Crippen molar-refractivity contribution in [2.45, 2.75) is 20.7 Å². The zero-order valence-corrected chi connectivity index (χ0v) is 14.6. The molecule has 122 valence electrons. The molecule has 0 N–H and O–H groups in total. The van der Waals surface area contributed by atoms with Crippen molar-refractivity contribution in [2.24, 2.45) is 0 Å². The molecule has 0 atom stereocenters. The van der Waals surface area contributed by atoms with E-state index in [4.69, 9.17) is 8.53 Å². The third-order valence-electron chi connectivity index (χ3n) is 4.71. The second-order valence-corrected chi connectivity index (χ2v) is 7.38. The molecule has 0 spiro atoms. The summed E-state index contributed by atoms with van der Waals surface area (Å²) in [6.07, 6.45) is 1.82. The summed E-state index contributed by atoms with van der Waals surface area (Å²) in [4.78, 5) is 10.2. The zero-order valence-electron chi connectivity index (χ0n) is 16.8. The van der Waals surface area contributed by atoms with Gasteiger partial charge in [0.2, 0.25) is 5.71 Å². The van der Waals surface area contributed by atoms with Crippen LogP contribution >= 0.6 is 11.3 Å². The zero-order chi connectivity index (χ0) is 19.6. The van der Waals surface area contributed by atoms with Crippen molar-refractivity contribution in [1.29, 1.82) is 0 Å². The van der Waals surface area contributed by atoms with Crippen LogP contribution in [0.3, 0.4) is 0 Å². The molecule has 4 heteroatoms. The monoisotopic (exact) mass is 347 g/mol. The molecule has 0 aliphatic heterocycles. The van der Waals surface area contributed by atoms with E-state index in [0.717, 1.165) is 26.7 Å². The van der Waals surface area contributed by atoms with Gasteiger partial charge in [-0.3, -0.25) is 4.98 Å². The van der Waals surface area contributed by atoms with Crippen LogP contribution < -0.4 is 0 Å². The van der Waals surface area contributed by atoms with E-state index in [1.54, 1.807) is 23.5 Å². The number of hydrogen-bond donors (Lipinski definition) is 0. The average molecular weight is 347 g/mol. The Bertz CT molecular complexity index is 1380. The van der Waals surface area contributed by atoms with Gasteiger partial charge >= 0.3 is 0 Å². The highest BCUT2D eigenvalue weighted by atomic mass is 32.1. The number of hydrogen-bond acceptors (Lipinski definition) is 4. The second-order valence-electron chi connectivity index (χ2n) is 6.15. The van der Waals surface area contributed by atoms with Gasteiger partial charge in [0, 0.05) is 37.2 Å². The molecule has 0 fully saturated rings. The van der Waals surface area contributed by atoms with Crippen LogP contribution in [0.15, 0.2) is 47.0 Å². The summed E-state index contributed by atoms with van der Waals surface area (Å²) in [5.74, 6) is 0. The van der Waals surface area contributed by atoms with Crippen LogP contribution in [0, 0.1) is 20.7 Å². The number of aromatic nitrogens is 2. The number of benzene rings is 1. The van der Waals surface area contributed by atoms with E-state index in [1.165, 1.54) is 15.8 Å². The minimum absolute atomic E-state index is 0.0327. The van der Waals surface area contributed by atoms with Crippen molar-refractivity contribution in [3.63, 3.8) is 0 Å². The maximum absolute atomic E-state index is 7.59. The molecule has 0 unspecified atom stereocenters. The van der Waals surface area contributed by atoms with Gasteiger partial charge < -0.3 is 4.42 Å². The normalized spacial score (nSPS) is 14.1. The lowest BCUT2D eigenvalue weighted by Gasteiger charge is -2.03. The summed E-state index contributed by atoms with van der Waals surface area (Å²) in [6.45, 7) is 1.97. The molecular weight excluding hydrogens is 328 g/mol. The molecule has 4 heterocycles. The molecule has 1 aromatic carbocycles. The Morgan fingerprint density at radius 1 is 1.04 bits per heavy atom. The Kier molecular flexibility index (Phi) is 2.42. The van der Waals surface area contributed by atoms with E-state index in [2.05, 4.69) is 23.8 Å². The van der Waals surface area contributed by atoms with Gasteiger partial charge in [-0.15, -0.1) is 11.3 Å². The molecule has 0 bridgehead atoms. The van der Waals surface area contributed by atoms with Gasteiger partial charge in [-0.1, -0.05) is 12.1 Å². The van der Waals surface area contributed by atoms with E-state index in [9.17, 15) is 0 Å². The summed E-state index contributed by atoms with van der Waals surface area (Å²) in [5, 5.41) is 2.90. The number of para-hydroxylation sites is 1. The number of furan rings is 1. The fourth-order valence-electron chi connectivity index (χ4n) is 3.32. The van der Waals surface area contributed by atoms with Crippen LogP contribution in [0.5, 0.6) is 0 Å². The quantitative estimate of drug-likeness (QED) is 0.363. The van der Waals surface area contributed by atoms with Crippen molar-refractivity contribution in [2.75, 3.05) is 0 Å². The van der Waals surface area contributed by atoms with E-state index in [0.29, 0.717) is 11.3 Å². The average Bonchev–Trinajstić information content (AvgIpc) is 3.18. The fraction of sp³-hybridized carbons (Fsp3) is 0.143. The first kappa shape index (κ1) is 11.8. The van der Waals surface area contributed by atoms with Crippen LogP contribution in [0.1, 0.15) is 20.2 Å². The van der Waals surface area contributed by atoms with Crippen molar-refractivity contribution < 1.29 is 8.53 Å². The van der Waals surface area contributed by atoms with E-state index in [1.807, 2.05) is 30.5 Å². The summed E-state index contributed by atoms with van der Waals surface area (Å²) in [6, 6.07) is 11.3. The van der Waals surface area contributed by atoms with Gasteiger partial charge in [-0.25, -0.2) is 4.98 Å². The molecule has 3 nitrogen and oxygen atoms in total. The lowest BCUT2D eigenvalue weighted by Crippen LogP contribution is -1.84. The minimum atomic E-state index is -2.27. The highest BCUT2D eigenvalue weighted by Gasteiger charge is 2.17. The Balaban J connectivity index is 1.83. The molecule has 0 radical (unpaired) electrons. The summed E-state index contributed by atoms with van der Waals surface area (Å²) in [7, 11) is 0. The lowest BCUT2D eigenvalue weighted by atomic mass is 10.0. The third-order valence-corrected chi connectivity index (χ3v) is 5.94. The van der Waals surface area contributed by atoms with Gasteiger partial charge in [0.25, 0.3) is 0 Å². The predicted octanol–water partition coefficient (Wildman–Crippen LogP) is 6.18. The first-order valence-electron chi connectivity index (χ1n) is 9.52. The Morgan fingerprint density at radius 3 is 2.84 bits per heavy atom. The van der Waals surface area contributed by atoms with E-state index in [-0.39, 0.29) is 5.69 Å². The smallest absolute Gasteiger partial charge is 0.227 e. The van der Waals surface area contributed by atoms with Crippen LogP contribution in [-0.2, 0) is 0 Å². The lowest BCUT2D eigenvalue weighted by molar-refractivity contribution is 0.653. The number of thiophene rings is 1. The van der Waals surface area contributed by atoms with E-state index >= 15 is 0 Å². The summed E-state index contributed by atoms with van der Waals surface area (Å²) in [5.41, 5.74) is 4.07. The number of rotatable bonds is 1. The van der Waals surface area contributed by atoms with Gasteiger partial charge in [0.15, 0.2) is 0 Å². The first-order valence-corrected chi connectivity index (χ1v) is 8.84. The molecule has 25 heavy (non-hydrogen) atoms. The first-order chi connectivity index (χ1) is 13.3. The molecule has 0 aliphatic rings. The topological polar surface area (TPSA) is 38.9 Å². The van der Waals surface area contributed by atoms with Crippen LogP contribution in [0.4, 0.5) is 0 Å². The number of fused-ring (bicyclic) bond motifs is 4. The maximum Gasteiger partial charge on any atom is 0.227 e. The minimum Gasteiger partial charge on any atom is -0.437 e.